The van der Waals surface area contributed by atoms with E-state index >= 15 is 0 Å². The van der Waals surface area contributed by atoms with Gasteiger partial charge in [0.1, 0.15) is 24.3 Å². The van der Waals surface area contributed by atoms with Crippen LogP contribution in [-0.2, 0) is 0 Å². The maximum absolute atomic E-state index is 4.84. The van der Waals surface area contributed by atoms with Crippen molar-refractivity contribution >= 4 is 17.1 Å². The van der Waals surface area contributed by atoms with Crippen molar-refractivity contribution in [1.29, 1.82) is 0 Å². The summed E-state index contributed by atoms with van der Waals surface area (Å²) in [4.78, 5) is 15.5. The first-order chi connectivity index (χ1) is 15.2. The number of aryl methyl sites for hydroxylation is 2. The number of nitrogens with zero attached hydrogens (tertiary/aromatic N) is 6. The lowest BCUT2D eigenvalue weighted by atomic mass is 10.1. The van der Waals surface area contributed by atoms with Crippen LogP contribution in [0.15, 0.2) is 98.1 Å². The second kappa shape index (κ2) is 7.91. The quantitative estimate of drug-likeness (QED) is 0.385. The molecule has 0 atom stereocenters. The molecule has 3 aromatic heterocycles. The largest absolute Gasteiger partial charge is 0.310 e. The predicted molar refractivity (Wildman–Crippen MR) is 123 cm³/mol. The van der Waals surface area contributed by atoms with Crippen molar-refractivity contribution in [3.05, 3.63) is 109 Å². The third-order valence-corrected chi connectivity index (χ3v) is 5.16. The van der Waals surface area contributed by atoms with Gasteiger partial charge in [0.2, 0.25) is 0 Å². The minimum atomic E-state index is 0.780. The standard InChI is InChI=1S/C25H22N6/c1-19-3-7-21(8-4-19)31(22-9-5-20(2)6-10-22)23-15-24(29-13-11-26-17-29)28-25(16-23)30-14-12-27-18-30/h3-18H,1-2H3. The number of anilines is 3. The summed E-state index contributed by atoms with van der Waals surface area (Å²) in [6, 6.07) is 21.2. The van der Waals surface area contributed by atoms with Crippen molar-refractivity contribution in [1.82, 2.24) is 24.1 Å². The maximum Gasteiger partial charge on any atom is 0.142 e. The van der Waals surface area contributed by atoms with Gasteiger partial charge >= 0.3 is 0 Å². The molecule has 0 aliphatic carbocycles. The zero-order chi connectivity index (χ0) is 21.2. The summed E-state index contributed by atoms with van der Waals surface area (Å²) < 4.78 is 3.82. The first-order valence-electron chi connectivity index (χ1n) is 10.1. The second-order valence-electron chi connectivity index (χ2n) is 7.49. The Kier molecular flexibility index (Phi) is 4.80. The van der Waals surface area contributed by atoms with Crippen LogP contribution in [0.25, 0.3) is 11.6 Å². The Morgan fingerprint density at radius 3 is 1.45 bits per heavy atom. The highest BCUT2D eigenvalue weighted by Gasteiger charge is 2.16. The van der Waals surface area contributed by atoms with Gasteiger partial charge in [0.25, 0.3) is 0 Å². The Bertz CT molecular complexity index is 1170. The molecular weight excluding hydrogens is 384 g/mol. The topological polar surface area (TPSA) is 51.8 Å². The molecule has 5 rings (SSSR count). The molecule has 0 saturated heterocycles. The molecule has 5 aromatic rings. The van der Waals surface area contributed by atoms with E-state index in [1.165, 1.54) is 11.1 Å². The van der Waals surface area contributed by atoms with E-state index in [2.05, 4.69) is 89.4 Å². The van der Waals surface area contributed by atoms with Crippen LogP contribution in [0.5, 0.6) is 0 Å². The lowest BCUT2D eigenvalue weighted by Crippen LogP contribution is -2.12. The van der Waals surface area contributed by atoms with Crippen molar-refractivity contribution in [3.63, 3.8) is 0 Å². The lowest BCUT2D eigenvalue weighted by molar-refractivity contribution is 0.932. The Morgan fingerprint density at radius 2 is 1.06 bits per heavy atom. The zero-order valence-corrected chi connectivity index (χ0v) is 17.4. The molecule has 0 spiro atoms. The summed E-state index contributed by atoms with van der Waals surface area (Å²) in [6.07, 6.45) is 10.8. The molecule has 0 bridgehead atoms. The molecule has 3 heterocycles. The molecule has 0 fully saturated rings. The first kappa shape index (κ1) is 18.8. The van der Waals surface area contributed by atoms with E-state index in [-0.39, 0.29) is 0 Å². The van der Waals surface area contributed by atoms with E-state index < -0.39 is 0 Å². The number of hydrogen-bond acceptors (Lipinski definition) is 4. The first-order valence-corrected chi connectivity index (χ1v) is 10.1. The molecule has 0 aliphatic heterocycles. The number of rotatable bonds is 5. The second-order valence-corrected chi connectivity index (χ2v) is 7.49. The monoisotopic (exact) mass is 406 g/mol. The van der Waals surface area contributed by atoms with Gasteiger partial charge in [-0.05, 0) is 38.1 Å². The SMILES string of the molecule is Cc1ccc(N(c2ccc(C)cc2)c2cc(-n3ccnc3)nc(-n3ccnc3)c2)cc1. The minimum absolute atomic E-state index is 0.780. The van der Waals surface area contributed by atoms with E-state index in [1.54, 1.807) is 25.0 Å². The summed E-state index contributed by atoms with van der Waals surface area (Å²) in [5.41, 5.74) is 5.60. The van der Waals surface area contributed by atoms with Crippen molar-refractivity contribution in [2.75, 3.05) is 4.90 Å². The molecule has 0 amide bonds. The van der Waals surface area contributed by atoms with Gasteiger partial charge in [0, 0.05) is 48.3 Å². The molecule has 0 saturated carbocycles. The van der Waals surface area contributed by atoms with Crippen LogP contribution < -0.4 is 4.90 Å². The van der Waals surface area contributed by atoms with Gasteiger partial charge in [-0.15, -0.1) is 0 Å². The molecule has 0 N–H and O–H groups in total. The molecule has 0 unspecified atom stereocenters. The van der Waals surface area contributed by atoms with Gasteiger partial charge in [-0.25, -0.2) is 15.0 Å². The predicted octanol–water partition coefficient (Wildman–Crippen LogP) is 5.54. The van der Waals surface area contributed by atoms with E-state index in [0.29, 0.717) is 0 Å². The number of imidazole rings is 2. The van der Waals surface area contributed by atoms with Gasteiger partial charge < -0.3 is 4.90 Å². The number of aromatic nitrogens is 5. The van der Waals surface area contributed by atoms with Crippen LogP contribution >= 0.6 is 0 Å². The molecule has 152 valence electrons. The van der Waals surface area contributed by atoms with Gasteiger partial charge in [-0.1, -0.05) is 35.4 Å². The van der Waals surface area contributed by atoms with Gasteiger partial charge in [0.05, 0.1) is 5.69 Å². The third kappa shape index (κ3) is 3.83. The molecular formula is C25H22N6. The highest BCUT2D eigenvalue weighted by molar-refractivity contribution is 5.78. The van der Waals surface area contributed by atoms with Crippen molar-refractivity contribution < 1.29 is 0 Å². The van der Waals surface area contributed by atoms with Crippen molar-refractivity contribution in [3.8, 4) is 11.6 Å². The highest BCUT2D eigenvalue weighted by atomic mass is 15.2. The number of pyridine rings is 1. The van der Waals surface area contributed by atoms with Crippen LogP contribution in [0, 0.1) is 13.8 Å². The highest BCUT2D eigenvalue weighted by Crippen LogP contribution is 2.36. The Hall–Kier alpha value is -4.19. The van der Waals surface area contributed by atoms with Crippen LogP contribution in [0.4, 0.5) is 17.1 Å². The molecule has 0 radical (unpaired) electrons. The van der Waals surface area contributed by atoms with Crippen molar-refractivity contribution in [2.45, 2.75) is 13.8 Å². The fraction of sp³-hybridized carbons (Fsp3) is 0.0800. The van der Waals surface area contributed by atoms with Crippen LogP contribution in [0.3, 0.4) is 0 Å². The number of benzene rings is 2. The minimum Gasteiger partial charge on any atom is -0.310 e. The van der Waals surface area contributed by atoms with E-state index in [4.69, 9.17) is 4.98 Å². The molecule has 6 nitrogen and oxygen atoms in total. The summed E-state index contributed by atoms with van der Waals surface area (Å²) in [5, 5.41) is 0. The summed E-state index contributed by atoms with van der Waals surface area (Å²) in [6.45, 7) is 4.20. The van der Waals surface area contributed by atoms with Crippen LogP contribution in [-0.4, -0.2) is 24.1 Å². The lowest BCUT2D eigenvalue weighted by Gasteiger charge is -2.26. The van der Waals surface area contributed by atoms with Gasteiger partial charge in [0.15, 0.2) is 0 Å². The van der Waals surface area contributed by atoms with E-state index in [9.17, 15) is 0 Å². The molecule has 31 heavy (non-hydrogen) atoms. The van der Waals surface area contributed by atoms with Crippen LogP contribution in [0.1, 0.15) is 11.1 Å². The zero-order valence-electron chi connectivity index (χ0n) is 17.4. The third-order valence-electron chi connectivity index (χ3n) is 5.16. The van der Waals surface area contributed by atoms with Crippen LogP contribution in [0.2, 0.25) is 0 Å². The normalized spacial score (nSPS) is 10.9. The maximum atomic E-state index is 4.84. The smallest absolute Gasteiger partial charge is 0.142 e. The molecule has 6 heteroatoms. The summed E-state index contributed by atoms with van der Waals surface area (Å²) in [7, 11) is 0. The fourth-order valence-electron chi connectivity index (χ4n) is 3.51. The average molecular weight is 406 g/mol. The molecule has 2 aromatic carbocycles. The van der Waals surface area contributed by atoms with Gasteiger partial charge in [-0.3, -0.25) is 9.13 Å². The Labute approximate surface area is 181 Å². The Balaban J connectivity index is 1.73. The van der Waals surface area contributed by atoms with Gasteiger partial charge in [-0.2, -0.15) is 0 Å². The summed E-state index contributed by atoms with van der Waals surface area (Å²) in [5.74, 6) is 1.56. The molecule has 0 aliphatic rings. The fourth-order valence-corrected chi connectivity index (χ4v) is 3.51. The van der Waals surface area contributed by atoms with Crippen molar-refractivity contribution in [2.24, 2.45) is 0 Å². The van der Waals surface area contributed by atoms with E-state index in [0.717, 1.165) is 28.7 Å². The average Bonchev–Trinajstić information content (AvgIpc) is 3.51. The Morgan fingerprint density at radius 1 is 0.613 bits per heavy atom. The number of hydrogen-bond donors (Lipinski definition) is 0. The van der Waals surface area contributed by atoms with E-state index in [1.807, 2.05) is 21.5 Å². The summed E-state index contributed by atoms with van der Waals surface area (Å²) >= 11 is 0.